The SMILES string of the molecule is CC1C=C(c2cnn(C)c2)C=C(F)C(=N)C1CC(=N)Sc1ccc2ncc(-c3cnn(C)c3)c(Cl)c2c1. The molecule has 1 aliphatic rings. The first-order valence-electron chi connectivity index (χ1n) is 11.7. The Morgan fingerprint density at radius 2 is 1.81 bits per heavy atom. The fourth-order valence-corrected chi connectivity index (χ4v) is 5.66. The van der Waals surface area contributed by atoms with Crippen molar-refractivity contribution in [2.24, 2.45) is 25.9 Å². The van der Waals surface area contributed by atoms with Crippen molar-refractivity contribution in [3.8, 4) is 11.1 Å². The van der Waals surface area contributed by atoms with E-state index >= 15 is 0 Å². The summed E-state index contributed by atoms with van der Waals surface area (Å²) in [7, 11) is 3.65. The summed E-state index contributed by atoms with van der Waals surface area (Å²) in [5, 5.41) is 27.2. The van der Waals surface area contributed by atoms with Crippen molar-refractivity contribution in [3.63, 3.8) is 0 Å². The molecule has 4 aromatic rings. The van der Waals surface area contributed by atoms with Crippen LogP contribution in [-0.2, 0) is 14.1 Å². The lowest BCUT2D eigenvalue weighted by molar-refractivity contribution is 0.547. The van der Waals surface area contributed by atoms with Crippen LogP contribution in [0.5, 0.6) is 0 Å². The predicted molar refractivity (Wildman–Crippen MR) is 148 cm³/mol. The van der Waals surface area contributed by atoms with E-state index in [0.29, 0.717) is 15.6 Å². The largest absolute Gasteiger partial charge is 0.302 e. The van der Waals surface area contributed by atoms with Crippen LogP contribution in [0.15, 0.2) is 72.1 Å². The highest BCUT2D eigenvalue weighted by Crippen LogP contribution is 2.37. The molecular formula is C27H25ClFN7S. The summed E-state index contributed by atoms with van der Waals surface area (Å²) in [5.74, 6) is -1.16. The monoisotopic (exact) mass is 533 g/mol. The van der Waals surface area contributed by atoms with E-state index in [4.69, 9.17) is 22.4 Å². The number of aromatic nitrogens is 5. The van der Waals surface area contributed by atoms with Crippen LogP contribution in [0.4, 0.5) is 4.39 Å². The number of nitrogens with zero attached hydrogens (tertiary/aromatic N) is 5. The summed E-state index contributed by atoms with van der Waals surface area (Å²) in [4.78, 5) is 5.37. The minimum absolute atomic E-state index is 0.0835. The predicted octanol–water partition coefficient (Wildman–Crippen LogP) is 6.70. The summed E-state index contributed by atoms with van der Waals surface area (Å²) < 4.78 is 18.3. The highest BCUT2D eigenvalue weighted by atomic mass is 35.5. The van der Waals surface area contributed by atoms with E-state index in [9.17, 15) is 4.39 Å². The summed E-state index contributed by atoms with van der Waals surface area (Å²) >= 11 is 8.05. The fourth-order valence-electron chi connectivity index (χ4n) is 4.49. The summed E-state index contributed by atoms with van der Waals surface area (Å²) in [6, 6.07) is 5.70. The Kier molecular flexibility index (Phi) is 6.83. The molecule has 0 fully saturated rings. The number of fused-ring (bicyclic) bond motifs is 1. The number of pyridine rings is 1. The van der Waals surface area contributed by atoms with Crippen molar-refractivity contribution < 1.29 is 4.39 Å². The van der Waals surface area contributed by atoms with Gasteiger partial charge in [0, 0.05) is 72.0 Å². The number of benzene rings is 1. The van der Waals surface area contributed by atoms with Crippen LogP contribution < -0.4 is 0 Å². The maximum Gasteiger partial charge on any atom is 0.144 e. The first-order valence-corrected chi connectivity index (χ1v) is 12.9. The Morgan fingerprint density at radius 1 is 1.11 bits per heavy atom. The smallest absolute Gasteiger partial charge is 0.144 e. The van der Waals surface area contributed by atoms with E-state index in [2.05, 4.69) is 15.2 Å². The standard InChI is InChI=1S/C27H25ClFN7S/c1-15-6-16(17-10-33-35(2)13-17)7-23(29)27(31)20(15)9-25(30)37-19-4-5-24-21(8-19)26(28)22(12-32-24)18-11-34-36(3)14-18/h4-8,10-15,20,30-31H,9H2,1-3H3. The number of nitrogens with one attached hydrogen (secondary N) is 2. The van der Waals surface area contributed by atoms with Crippen LogP contribution in [-0.4, -0.2) is 35.3 Å². The molecule has 0 radical (unpaired) electrons. The molecule has 188 valence electrons. The van der Waals surface area contributed by atoms with E-state index in [1.54, 1.807) is 28.0 Å². The number of allylic oxidation sites excluding steroid dienone is 4. The maximum atomic E-state index is 14.9. The Balaban J connectivity index is 1.37. The van der Waals surface area contributed by atoms with Gasteiger partial charge >= 0.3 is 0 Å². The van der Waals surface area contributed by atoms with Gasteiger partial charge in [-0.15, -0.1) is 0 Å². The first-order chi connectivity index (χ1) is 17.7. The van der Waals surface area contributed by atoms with Crippen molar-refractivity contribution in [3.05, 3.63) is 77.7 Å². The second-order valence-electron chi connectivity index (χ2n) is 9.19. The second-order valence-corrected chi connectivity index (χ2v) is 10.7. The molecule has 2 N–H and O–H groups in total. The zero-order valence-corrected chi connectivity index (χ0v) is 22.1. The van der Waals surface area contributed by atoms with Gasteiger partial charge in [0.15, 0.2) is 0 Å². The summed E-state index contributed by atoms with van der Waals surface area (Å²) in [6.07, 6.45) is 12.5. The lowest BCUT2D eigenvalue weighted by atomic mass is 9.87. The van der Waals surface area contributed by atoms with Crippen molar-refractivity contribution in [1.29, 1.82) is 10.8 Å². The molecule has 0 spiro atoms. The van der Waals surface area contributed by atoms with Gasteiger partial charge < -0.3 is 5.41 Å². The van der Waals surface area contributed by atoms with Gasteiger partial charge in [0.05, 0.1) is 33.7 Å². The van der Waals surface area contributed by atoms with Gasteiger partial charge in [-0.2, -0.15) is 10.2 Å². The summed E-state index contributed by atoms with van der Waals surface area (Å²) in [6.45, 7) is 1.96. The second kappa shape index (κ2) is 10.1. The molecule has 2 unspecified atom stereocenters. The van der Waals surface area contributed by atoms with Crippen molar-refractivity contribution in [2.75, 3.05) is 0 Å². The lowest BCUT2D eigenvalue weighted by Gasteiger charge is -2.21. The highest BCUT2D eigenvalue weighted by Gasteiger charge is 2.28. The molecule has 3 aromatic heterocycles. The van der Waals surface area contributed by atoms with Crippen molar-refractivity contribution in [1.82, 2.24) is 24.5 Å². The van der Waals surface area contributed by atoms with Gasteiger partial charge in [0.2, 0.25) is 0 Å². The van der Waals surface area contributed by atoms with E-state index in [-0.39, 0.29) is 18.1 Å². The Bertz CT molecular complexity index is 1600. The third-order valence-electron chi connectivity index (χ3n) is 6.46. The third kappa shape index (κ3) is 5.14. The molecule has 1 aromatic carbocycles. The van der Waals surface area contributed by atoms with Crippen molar-refractivity contribution >= 4 is 50.6 Å². The first kappa shape index (κ1) is 25.1. The third-order valence-corrected chi connectivity index (χ3v) is 7.77. The molecular weight excluding hydrogens is 509 g/mol. The fraction of sp³-hybridized carbons (Fsp3) is 0.222. The molecule has 0 saturated carbocycles. The Hall–Kier alpha value is -3.56. The lowest BCUT2D eigenvalue weighted by Crippen LogP contribution is -2.22. The van der Waals surface area contributed by atoms with Gasteiger partial charge in [0.25, 0.3) is 0 Å². The van der Waals surface area contributed by atoms with E-state index in [1.165, 1.54) is 17.8 Å². The van der Waals surface area contributed by atoms with Gasteiger partial charge in [-0.1, -0.05) is 36.4 Å². The molecule has 1 aliphatic carbocycles. The van der Waals surface area contributed by atoms with Crippen LogP contribution in [0.1, 0.15) is 18.9 Å². The Labute approximate surface area is 223 Å². The van der Waals surface area contributed by atoms with Crippen LogP contribution in [0.25, 0.3) is 27.6 Å². The van der Waals surface area contributed by atoms with E-state index in [0.717, 1.165) is 32.5 Å². The van der Waals surface area contributed by atoms with E-state index < -0.39 is 11.7 Å². The zero-order valence-electron chi connectivity index (χ0n) is 20.5. The molecule has 0 aliphatic heterocycles. The van der Waals surface area contributed by atoms with Gasteiger partial charge in [-0.3, -0.25) is 19.8 Å². The van der Waals surface area contributed by atoms with Gasteiger partial charge in [-0.25, -0.2) is 4.39 Å². The topological polar surface area (TPSA) is 96.2 Å². The molecule has 10 heteroatoms. The molecule has 2 atom stereocenters. The quantitative estimate of drug-likeness (QED) is 0.169. The maximum absolute atomic E-state index is 14.9. The molecule has 0 saturated heterocycles. The van der Waals surface area contributed by atoms with Crippen LogP contribution in [0, 0.1) is 22.7 Å². The molecule has 3 heterocycles. The molecule has 0 amide bonds. The van der Waals surface area contributed by atoms with Crippen LogP contribution in [0.3, 0.4) is 0 Å². The summed E-state index contributed by atoms with van der Waals surface area (Å²) in [5.41, 5.74) is 3.84. The number of rotatable bonds is 5. The average Bonchev–Trinajstić information content (AvgIpc) is 3.47. The van der Waals surface area contributed by atoms with Crippen LogP contribution >= 0.6 is 23.4 Å². The molecule has 37 heavy (non-hydrogen) atoms. The average molecular weight is 534 g/mol. The van der Waals surface area contributed by atoms with Crippen molar-refractivity contribution in [2.45, 2.75) is 18.2 Å². The molecule has 7 nitrogen and oxygen atoms in total. The molecule has 5 rings (SSSR count). The van der Waals surface area contributed by atoms with Gasteiger partial charge in [0.1, 0.15) is 5.83 Å². The number of thioether (sulfide) groups is 1. The normalized spacial score (nSPS) is 18.0. The number of aryl methyl sites for hydroxylation is 2. The Morgan fingerprint density at radius 3 is 2.49 bits per heavy atom. The van der Waals surface area contributed by atoms with E-state index in [1.807, 2.05) is 57.7 Å². The van der Waals surface area contributed by atoms with Gasteiger partial charge in [-0.05, 0) is 35.8 Å². The molecule has 0 bridgehead atoms. The minimum Gasteiger partial charge on any atom is -0.302 e. The van der Waals surface area contributed by atoms with Crippen LogP contribution in [0.2, 0.25) is 5.02 Å². The number of halogens is 2. The minimum atomic E-state index is -0.575. The number of hydrogen-bond acceptors (Lipinski definition) is 6. The number of hydrogen-bond donors (Lipinski definition) is 2. The zero-order chi connectivity index (χ0) is 26.3. The highest BCUT2D eigenvalue weighted by molar-refractivity contribution is 8.13.